The number of Topliss-reactive ketones (excluding diaryl/α,β-unsaturated/α-hetero) is 1. The molecule has 1 aliphatic rings. The minimum Gasteiger partial charge on any atom is -0.506 e. The Bertz CT molecular complexity index is 545. The molecule has 2 N–H and O–H groups in total. The van der Waals surface area contributed by atoms with Crippen LogP contribution in [0.25, 0.3) is 0 Å². The summed E-state index contributed by atoms with van der Waals surface area (Å²) in [5, 5.41) is 12.7. The van der Waals surface area contributed by atoms with Crippen LogP contribution in [0.1, 0.15) is 34.3 Å². The smallest absolute Gasteiger partial charge is 0.235 e. The van der Waals surface area contributed by atoms with Crippen molar-refractivity contribution in [2.45, 2.75) is 25.8 Å². The maximum absolute atomic E-state index is 11.9. The molecule has 0 atom stereocenters. The monoisotopic (exact) mass is 345 g/mol. The fraction of sp³-hybridized carbons (Fsp3) is 0.385. The van der Waals surface area contributed by atoms with Crippen molar-refractivity contribution < 1.29 is 14.7 Å². The van der Waals surface area contributed by atoms with Crippen molar-refractivity contribution in [2.75, 3.05) is 5.88 Å². The van der Waals surface area contributed by atoms with Crippen molar-refractivity contribution in [3.8, 4) is 5.75 Å². The molecule has 2 rings (SSSR count). The molecule has 1 aromatic carbocycles. The Morgan fingerprint density at radius 2 is 2.21 bits per heavy atom. The number of amides is 1. The molecule has 0 bridgehead atoms. The van der Waals surface area contributed by atoms with E-state index in [1.165, 1.54) is 0 Å². The highest BCUT2D eigenvalue weighted by Gasteiger charge is 2.23. The molecule has 0 fully saturated rings. The van der Waals surface area contributed by atoms with Crippen molar-refractivity contribution in [3.63, 3.8) is 0 Å². The summed E-state index contributed by atoms with van der Waals surface area (Å²) in [5.74, 6) is -0.303. The third kappa shape index (κ3) is 2.92. The summed E-state index contributed by atoms with van der Waals surface area (Å²) in [4.78, 5) is 23.0. The molecular formula is C13H13BrClNO3. The Labute approximate surface area is 124 Å². The molecule has 0 spiro atoms. The van der Waals surface area contributed by atoms with Crippen molar-refractivity contribution in [1.29, 1.82) is 0 Å². The maximum Gasteiger partial charge on any atom is 0.235 e. The van der Waals surface area contributed by atoms with E-state index in [-0.39, 0.29) is 29.9 Å². The third-order valence-electron chi connectivity index (χ3n) is 3.15. The molecule has 0 heterocycles. The lowest BCUT2D eigenvalue weighted by Crippen LogP contribution is -2.24. The summed E-state index contributed by atoms with van der Waals surface area (Å²) in [5.41, 5.74) is 1.99. The summed E-state index contributed by atoms with van der Waals surface area (Å²) < 4.78 is 0.549. The van der Waals surface area contributed by atoms with Gasteiger partial charge < -0.3 is 10.4 Å². The van der Waals surface area contributed by atoms with Gasteiger partial charge in [-0.15, -0.1) is 11.6 Å². The van der Waals surface area contributed by atoms with Crippen molar-refractivity contribution in [2.24, 2.45) is 0 Å². The zero-order valence-corrected chi connectivity index (χ0v) is 12.5. The molecule has 0 saturated heterocycles. The van der Waals surface area contributed by atoms with Crippen LogP contribution in [-0.2, 0) is 17.8 Å². The highest BCUT2D eigenvalue weighted by Crippen LogP contribution is 2.37. The largest absolute Gasteiger partial charge is 0.506 e. The molecule has 1 aliphatic carbocycles. The number of hydrogen-bond donors (Lipinski definition) is 2. The number of alkyl halides is 1. The van der Waals surface area contributed by atoms with Crippen molar-refractivity contribution >= 4 is 39.2 Å². The average molecular weight is 347 g/mol. The van der Waals surface area contributed by atoms with E-state index in [0.717, 1.165) is 18.4 Å². The van der Waals surface area contributed by atoms with Crippen LogP contribution in [0.5, 0.6) is 5.75 Å². The van der Waals surface area contributed by atoms with Gasteiger partial charge in [0.05, 0.1) is 4.47 Å². The van der Waals surface area contributed by atoms with Crippen LogP contribution in [0, 0.1) is 0 Å². The van der Waals surface area contributed by atoms with Gasteiger partial charge in [-0.2, -0.15) is 0 Å². The fourth-order valence-electron chi connectivity index (χ4n) is 2.16. The summed E-state index contributed by atoms with van der Waals surface area (Å²) in [6.07, 6.45) is 2.09. The Morgan fingerprint density at radius 1 is 1.47 bits per heavy atom. The second kappa shape index (κ2) is 5.92. The number of ketones is 1. The zero-order valence-electron chi connectivity index (χ0n) is 10.1. The summed E-state index contributed by atoms with van der Waals surface area (Å²) in [6.45, 7) is 0.149. The summed E-state index contributed by atoms with van der Waals surface area (Å²) in [7, 11) is 0. The maximum atomic E-state index is 11.9. The van der Waals surface area contributed by atoms with Gasteiger partial charge in [0, 0.05) is 24.1 Å². The van der Waals surface area contributed by atoms with E-state index in [2.05, 4.69) is 21.2 Å². The molecule has 1 aromatic rings. The Hall–Kier alpha value is -1.07. The Morgan fingerprint density at radius 3 is 2.89 bits per heavy atom. The first kappa shape index (κ1) is 14.3. The predicted molar refractivity (Wildman–Crippen MR) is 75.6 cm³/mol. The average Bonchev–Trinajstić information content (AvgIpc) is 2.41. The normalized spacial score (nSPS) is 14.1. The molecule has 0 saturated carbocycles. The van der Waals surface area contributed by atoms with Gasteiger partial charge in [-0.05, 0) is 40.4 Å². The van der Waals surface area contributed by atoms with Gasteiger partial charge in [-0.3, -0.25) is 9.59 Å². The number of fused-ring (bicyclic) bond motifs is 1. The first-order valence-corrected chi connectivity index (χ1v) is 7.26. The fourth-order valence-corrected chi connectivity index (χ4v) is 2.92. The zero-order chi connectivity index (χ0) is 14.0. The number of carbonyl (C=O) groups excluding carboxylic acids is 2. The molecule has 6 heteroatoms. The highest BCUT2D eigenvalue weighted by molar-refractivity contribution is 9.10. The van der Waals surface area contributed by atoms with E-state index in [0.29, 0.717) is 22.0 Å². The van der Waals surface area contributed by atoms with Crippen LogP contribution in [0.3, 0.4) is 0 Å². The summed E-state index contributed by atoms with van der Waals surface area (Å²) >= 11 is 8.72. The topological polar surface area (TPSA) is 66.4 Å². The van der Waals surface area contributed by atoms with Crippen molar-refractivity contribution in [3.05, 3.63) is 27.2 Å². The standard InChI is InChI=1S/C13H13BrClNO3/c14-12-8-2-1-3-10(17)9(8)4-7(13(12)19)6-16-11(18)5-15/h4,19H,1-3,5-6H2,(H,16,18). The van der Waals surface area contributed by atoms with Gasteiger partial charge >= 0.3 is 0 Å². The highest BCUT2D eigenvalue weighted by atomic mass is 79.9. The van der Waals surface area contributed by atoms with E-state index in [1.807, 2.05) is 0 Å². The second-order valence-corrected chi connectivity index (χ2v) is 5.47. The van der Waals surface area contributed by atoms with E-state index in [4.69, 9.17) is 11.6 Å². The van der Waals surface area contributed by atoms with Gasteiger partial charge in [-0.25, -0.2) is 0 Å². The van der Waals surface area contributed by atoms with Crippen LogP contribution in [0.2, 0.25) is 0 Å². The second-order valence-electron chi connectivity index (χ2n) is 4.41. The van der Waals surface area contributed by atoms with Crippen LogP contribution in [-0.4, -0.2) is 22.7 Å². The lowest BCUT2D eigenvalue weighted by Gasteiger charge is -2.19. The number of halogens is 2. The summed E-state index contributed by atoms with van der Waals surface area (Å²) in [6, 6.07) is 1.66. The molecule has 19 heavy (non-hydrogen) atoms. The predicted octanol–water partition coefficient (Wildman–Crippen LogP) is 2.53. The molecule has 0 aliphatic heterocycles. The number of carbonyl (C=O) groups is 2. The van der Waals surface area contributed by atoms with Crippen LogP contribution in [0.15, 0.2) is 10.5 Å². The van der Waals surface area contributed by atoms with Crippen LogP contribution >= 0.6 is 27.5 Å². The molecule has 0 unspecified atom stereocenters. The molecule has 1 amide bonds. The number of aromatic hydroxyl groups is 1. The minimum absolute atomic E-state index is 0.0725. The first-order chi connectivity index (χ1) is 9.04. The number of benzene rings is 1. The third-order valence-corrected chi connectivity index (χ3v) is 4.25. The lowest BCUT2D eigenvalue weighted by atomic mass is 9.89. The van der Waals surface area contributed by atoms with Crippen LogP contribution < -0.4 is 5.32 Å². The molecule has 4 nitrogen and oxygen atoms in total. The molecule has 102 valence electrons. The molecule has 0 radical (unpaired) electrons. The lowest BCUT2D eigenvalue weighted by molar-refractivity contribution is -0.118. The number of rotatable bonds is 3. The van der Waals surface area contributed by atoms with Gasteiger partial charge in [0.15, 0.2) is 5.78 Å². The van der Waals surface area contributed by atoms with Gasteiger partial charge in [-0.1, -0.05) is 0 Å². The van der Waals surface area contributed by atoms with Gasteiger partial charge in [0.1, 0.15) is 11.6 Å². The number of nitrogens with one attached hydrogen (secondary N) is 1. The molecule has 0 aromatic heterocycles. The quantitative estimate of drug-likeness (QED) is 0.827. The van der Waals surface area contributed by atoms with E-state index in [1.54, 1.807) is 6.07 Å². The SMILES string of the molecule is O=C(CCl)NCc1cc2c(c(Br)c1O)CCCC2=O. The van der Waals surface area contributed by atoms with Gasteiger partial charge in [0.25, 0.3) is 0 Å². The van der Waals surface area contributed by atoms with E-state index in [9.17, 15) is 14.7 Å². The van der Waals surface area contributed by atoms with Gasteiger partial charge in [0.2, 0.25) is 5.91 Å². The molecular weight excluding hydrogens is 334 g/mol. The Balaban J connectivity index is 2.35. The van der Waals surface area contributed by atoms with Crippen LogP contribution in [0.4, 0.5) is 0 Å². The first-order valence-electron chi connectivity index (χ1n) is 5.93. The van der Waals surface area contributed by atoms with Crippen molar-refractivity contribution in [1.82, 2.24) is 5.32 Å². The Kier molecular flexibility index (Phi) is 4.47. The minimum atomic E-state index is -0.318. The van der Waals surface area contributed by atoms with E-state index < -0.39 is 0 Å². The number of hydrogen-bond acceptors (Lipinski definition) is 3. The van der Waals surface area contributed by atoms with E-state index >= 15 is 0 Å². The number of phenols is 1. The number of phenolic OH excluding ortho intramolecular Hbond substituents is 1.